The Bertz CT molecular complexity index is 1080. The highest BCUT2D eigenvalue weighted by Gasteiger charge is 2.18. The van der Waals surface area contributed by atoms with E-state index in [2.05, 4.69) is 26.6 Å². The summed E-state index contributed by atoms with van der Waals surface area (Å²) in [6.07, 6.45) is -1.21. The highest BCUT2D eigenvalue weighted by Crippen LogP contribution is 2.34. The highest BCUT2D eigenvalue weighted by molar-refractivity contribution is 9.11. The summed E-state index contributed by atoms with van der Waals surface area (Å²) in [7, 11) is 0. The number of rotatable bonds is 6. The third kappa shape index (κ3) is 5.30. The second-order valence-corrected chi connectivity index (χ2v) is 8.02. The fourth-order valence-electron chi connectivity index (χ4n) is 2.31. The lowest BCUT2D eigenvalue weighted by molar-refractivity contribution is -0.385. The van der Waals surface area contributed by atoms with E-state index in [1.807, 2.05) is 0 Å². The van der Waals surface area contributed by atoms with E-state index in [4.69, 9.17) is 9.84 Å². The number of anilines is 2. The Kier molecular flexibility index (Phi) is 6.10. The number of nitro groups is 1. The van der Waals surface area contributed by atoms with Gasteiger partial charge in [0, 0.05) is 17.4 Å². The molecule has 2 aromatic carbocycles. The van der Waals surface area contributed by atoms with Crippen molar-refractivity contribution in [3.63, 3.8) is 0 Å². The first-order valence-corrected chi connectivity index (χ1v) is 9.56. The van der Waals surface area contributed by atoms with Crippen molar-refractivity contribution in [2.24, 2.45) is 0 Å². The topological polar surface area (TPSA) is 131 Å². The van der Waals surface area contributed by atoms with E-state index >= 15 is 0 Å². The van der Waals surface area contributed by atoms with E-state index in [0.29, 0.717) is 10.6 Å². The van der Waals surface area contributed by atoms with Crippen LogP contribution in [0, 0.1) is 10.1 Å². The van der Waals surface area contributed by atoms with Gasteiger partial charge in [0.25, 0.3) is 5.91 Å². The summed E-state index contributed by atoms with van der Waals surface area (Å²) >= 11 is 4.51. The van der Waals surface area contributed by atoms with E-state index in [1.165, 1.54) is 53.8 Å². The molecule has 3 rings (SSSR count). The zero-order chi connectivity index (χ0) is 21.0. The van der Waals surface area contributed by atoms with Gasteiger partial charge in [0.05, 0.1) is 13.6 Å². The van der Waals surface area contributed by atoms with E-state index in [-0.39, 0.29) is 28.8 Å². The largest absolute Gasteiger partial charge is 0.465 e. The summed E-state index contributed by atoms with van der Waals surface area (Å²) in [5.41, 5.74) is 0.250. The molecule has 148 valence electrons. The molecule has 0 fully saturated rings. The van der Waals surface area contributed by atoms with Gasteiger partial charge in [0.2, 0.25) is 5.75 Å². The van der Waals surface area contributed by atoms with Crippen LogP contribution in [0.25, 0.3) is 0 Å². The van der Waals surface area contributed by atoms with Gasteiger partial charge in [0.1, 0.15) is 5.75 Å². The molecule has 1 aromatic heterocycles. The van der Waals surface area contributed by atoms with Crippen molar-refractivity contribution >= 4 is 56.3 Å². The Morgan fingerprint density at radius 3 is 2.31 bits per heavy atom. The van der Waals surface area contributed by atoms with Crippen molar-refractivity contribution < 1.29 is 24.4 Å². The average molecular weight is 478 g/mol. The lowest BCUT2D eigenvalue weighted by atomic mass is 10.2. The maximum absolute atomic E-state index is 12.2. The van der Waals surface area contributed by atoms with Crippen LogP contribution in [0.2, 0.25) is 0 Å². The van der Waals surface area contributed by atoms with Crippen LogP contribution >= 0.6 is 27.3 Å². The number of hydrogen-bond acceptors (Lipinski definition) is 6. The smallest absolute Gasteiger partial charge is 0.409 e. The van der Waals surface area contributed by atoms with Crippen LogP contribution in [0.3, 0.4) is 0 Å². The van der Waals surface area contributed by atoms with E-state index < -0.39 is 11.0 Å². The van der Waals surface area contributed by atoms with Gasteiger partial charge in [-0.3, -0.25) is 20.2 Å². The Hall–Kier alpha value is -3.44. The van der Waals surface area contributed by atoms with Crippen LogP contribution in [0.15, 0.2) is 58.4 Å². The van der Waals surface area contributed by atoms with Crippen LogP contribution in [0.1, 0.15) is 9.67 Å². The third-order valence-electron chi connectivity index (χ3n) is 3.54. The van der Waals surface area contributed by atoms with Crippen LogP contribution in [0.4, 0.5) is 21.9 Å². The minimum Gasteiger partial charge on any atom is -0.465 e. The molecule has 0 spiro atoms. The summed E-state index contributed by atoms with van der Waals surface area (Å²) in [5, 5.41) is 24.9. The van der Waals surface area contributed by atoms with Gasteiger partial charge >= 0.3 is 11.8 Å². The molecule has 0 atom stereocenters. The molecule has 0 aliphatic heterocycles. The molecule has 0 bridgehead atoms. The first-order valence-electron chi connectivity index (χ1n) is 7.95. The number of nitrogens with zero attached hydrogens (tertiary/aromatic N) is 1. The standard InChI is InChI=1S/C18H12BrN3O6S/c19-16-8-7-15(29-16)17(23)20-11-3-6-14(13(9-11)22(26)27)28-12-4-1-10(2-5-12)21-18(24)25/h1-9,21H,(H,20,23)(H,24,25). The molecule has 3 aromatic rings. The molecule has 0 aliphatic rings. The number of carboxylic acid groups (broad SMARTS) is 1. The Morgan fingerprint density at radius 2 is 1.72 bits per heavy atom. The van der Waals surface area contributed by atoms with Crippen molar-refractivity contribution in [1.29, 1.82) is 0 Å². The van der Waals surface area contributed by atoms with Crippen molar-refractivity contribution in [2.45, 2.75) is 0 Å². The average Bonchev–Trinajstić information content (AvgIpc) is 3.10. The number of hydrogen-bond donors (Lipinski definition) is 3. The quantitative estimate of drug-likeness (QED) is 0.314. The van der Waals surface area contributed by atoms with Crippen molar-refractivity contribution in [1.82, 2.24) is 0 Å². The summed E-state index contributed by atoms with van der Waals surface area (Å²) < 4.78 is 6.34. The molecule has 0 saturated carbocycles. The van der Waals surface area contributed by atoms with Gasteiger partial charge in [-0.05, 0) is 64.5 Å². The van der Waals surface area contributed by atoms with E-state index in [9.17, 15) is 19.7 Å². The molecule has 0 radical (unpaired) electrons. The summed E-state index contributed by atoms with van der Waals surface area (Å²) in [4.78, 5) is 34.1. The monoisotopic (exact) mass is 477 g/mol. The number of carbonyl (C=O) groups is 2. The maximum atomic E-state index is 12.2. The van der Waals surface area contributed by atoms with Crippen LogP contribution in [-0.4, -0.2) is 22.0 Å². The number of carbonyl (C=O) groups excluding carboxylic acids is 1. The Balaban J connectivity index is 1.78. The maximum Gasteiger partial charge on any atom is 0.409 e. The zero-order valence-electron chi connectivity index (χ0n) is 14.4. The van der Waals surface area contributed by atoms with Crippen LogP contribution in [0.5, 0.6) is 11.5 Å². The molecule has 0 saturated heterocycles. The van der Waals surface area contributed by atoms with Gasteiger partial charge in [-0.2, -0.15) is 0 Å². The molecular weight excluding hydrogens is 466 g/mol. The zero-order valence-corrected chi connectivity index (χ0v) is 16.8. The second-order valence-electron chi connectivity index (χ2n) is 5.55. The highest BCUT2D eigenvalue weighted by atomic mass is 79.9. The molecule has 0 aliphatic carbocycles. The molecule has 11 heteroatoms. The van der Waals surface area contributed by atoms with Crippen LogP contribution in [-0.2, 0) is 0 Å². The SMILES string of the molecule is O=C(O)Nc1ccc(Oc2ccc(NC(=O)c3ccc(Br)s3)cc2[N+](=O)[O-])cc1. The van der Waals surface area contributed by atoms with Crippen molar-refractivity contribution in [3.8, 4) is 11.5 Å². The number of benzene rings is 2. The number of nitrogens with one attached hydrogen (secondary N) is 2. The number of ether oxygens (including phenoxy) is 1. The molecule has 29 heavy (non-hydrogen) atoms. The molecule has 9 nitrogen and oxygen atoms in total. The molecular formula is C18H12BrN3O6S. The van der Waals surface area contributed by atoms with Gasteiger partial charge < -0.3 is 15.2 Å². The number of thiophene rings is 1. The first-order chi connectivity index (χ1) is 13.8. The second kappa shape index (κ2) is 8.71. The fourth-order valence-corrected chi connectivity index (χ4v) is 3.59. The van der Waals surface area contributed by atoms with Crippen LogP contribution < -0.4 is 15.4 Å². The predicted molar refractivity (Wildman–Crippen MR) is 111 cm³/mol. The van der Waals surface area contributed by atoms with Gasteiger partial charge in [-0.25, -0.2) is 4.79 Å². The normalized spacial score (nSPS) is 10.2. The van der Waals surface area contributed by atoms with Crippen molar-refractivity contribution in [3.05, 3.63) is 73.4 Å². The van der Waals surface area contributed by atoms with E-state index in [1.54, 1.807) is 12.1 Å². The number of halogens is 1. The molecule has 0 unspecified atom stereocenters. The Labute approximate surface area is 176 Å². The molecule has 1 heterocycles. The lowest BCUT2D eigenvalue weighted by Gasteiger charge is -2.09. The lowest BCUT2D eigenvalue weighted by Crippen LogP contribution is -2.10. The fraction of sp³-hybridized carbons (Fsp3) is 0. The van der Waals surface area contributed by atoms with Gasteiger partial charge in [-0.15, -0.1) is 11.3 Å². The third-order valence-corrected chi connectivity index (χ3v) is 5.17. The van der Waals surface area contributed by atoms with Gasteiger partial charge in [0.15, 0.2) is 0 Å². The molecule has 3 N–H and O–H groups in total. The summed E-state index contributed by atoms with van der Waals surface area (Å²) in [5.74, 6) is -0.125. The van der Waals surface area contributed by atoms with Gasteiger partial charge in [-0.1, -0.05) is 0 Å². The minimum absolute atomic E-state index is 0.0224. The predicted octanol–water partition coefficient (Wildman–Crippen LogP) is 5.55. The number of amides is 2. The Morgan fingerprint density at radius 1 is 1.03 bits per heavy atom. The first kappa shape index (κ1) is 20.3. The van der Waals surface area contributed by atoms with Crippen molar-refractivity contribution in [2.75, 3.05) is 10.6 Å². The summed E-state index contributed by atoms with van der Waals surface area (Å²) in [6, 6.07) is 13.3. The molecule has 2 amide bonds. The number of nitro benzene ring substituents is 1. The summed E-state index contributed by atoms with van der Waals surface area (Å²) in [6.45, 7) is 0. The van der Waals surface area contributed by atoms with E-state index in [0.717, 1.165) is 3.79 Å². The minimum atomic E-state index is -1.21.